The fraction of sp³-hybridized carbons (Fsp3) is 0.789. The molecular weight excluding hydrogens is 389 g/mol. The zero-order valence-corrected chi connectivity index (χ0v) is 16.7. The summed E-state index contributed by atoms with van der Waals surface area (Å²) in [6.45, 7) is 4.33. The second-order valence-electron chi connectivity index (χ2n) is 8.31. The fourth-order valence-electron chi connectivity index (χ4n) is 4.60. The number of aliphatic hydroxyl groups is 1. The van der Waals surface area contributed by atoms with Gasteiger partial charge in [-0.3, -0.25) is 9.36 Å². The minimum absolute atomic E-state index is 0.00917. The van der Waals surface area contributed by atoms with Crippen LogP contribution in [-0.2, 0) is 11.3 Å². The van der Waals surface area contributed by atoms with Crippen LogP contribution in [0.3, 0.4) is 0 Å². The monoisotopic (exact) mass is 416 g/mol. The standard InChI is InChI=1S/C19H27F3N4O3/c1-3-18(28,4-2)11-26-14(19(20,21)22)5-6-24-16(27)8-15(23-17(24)26)25-9-13-7-12(25)10-29-13/h8,12-14,28H,3-7,9-11H2,1-2H3/t12?,13-,14-/m0/s1. The Balaban J connectivity index is 1.77. The molecule has 0 spiro atoms. The van der Waals surface area contributed by atoms with Crippen molar-refractivity contribution in [1.82, 2.24) is 9.55 Å². The van der Waals surface area contributed by atoms with E-state index < -0.39 is 17.8 Å². The quantitative estimate of drug-likeness (QED) is 0.791. The maximum atomic E-state index is 13.8. The highest BCUT2D eigenvalue weighted by Crippen LogP contribution is 2.37. The molecule has 0 aromatic carbocycles. The van der Waals surface area contributed by atoms with Crippen molar-refractivity contribution in [3.05, 3.63) is 16.4 Å². The second kappa shape index (κ2) is 7.16. The maximum absolute atomic E-state index is 13.8. The molecular formula is C19H27F3N4O3. The molecule has 0 aliphatic carbocycles. The van der Waals surface area contributed by atoms with E-state index in [0.717, 1.165) is 11.3 Å². The third-order valence-electron chi connectivity index (χ3n) is 6.59. The zero-order chi connectivity index (χ0) is 21.0. The smallest absolute Gasteiger partial charge is 0.388 e. The van der Waals surface area contributed by atoms with E-state index in [1.54, 1.807) is 13.8 Å². The van der Waals surface area contributed by atoms with Crippen LogP contribution < -0.4 is 15.4 Å². The summed E-state index contributed by atoms with van der Waals surface area (Å²) in [5.41, 5.74) is -1.66. The van der Waals surface area contributed by atoms with Crippen molar-refractivity contribution in [3.8, 4) is 0 Å². The van der Waals surface area contributed by atoms with Gasteiger partial charge in [0, 0.05) is 19.2 Å². The summed E-state index contributed by atoms with van der Waals surface area (Å²) < 4.78 is 48.4. The fourth-order valence-corrected chi connectivity index (χ4v) is 4.60. The van der Waals surface area contributed by atoms with E-state index in [0.29, 0.717) is 31.8 Å². The minimum Gasteiger partial charge on any atom is -0.388 e. The molecule has 7 nitrogen and oxygen atoms in total. The molecule has 1 aromatic heterocycles. The van der Waals surface area contributed by atoms with E-state index in [9.17, 15) is 23.1 Å². The lowest BCUT2D eigenvalue weighted by Crippen LogP contribution is -2.57. The predicted molar refractivity (Wildman–Crippen MR) is 101 cm³/mol. The van der Waals surface area contributed by atoms with Crippen molar-refractivity contribution in [2.45, 2.75) is 76.0 Å². The first-order chi connectivity index (χ1) is 13.6. The number of alkyl halides is 3. The van der Waals surface area contributed by atoms with Crippen LogP contribution in [0.25, 0.3) is 0 Å². The molecule has 162 valence electrons. The van der Waals surface area contributed by atoms with Gasteiger partial charge in [0.05, 0.1) is 30.9 Å². The Hall–Kier alpha value is -1.81. The SMILES string of the molecule is CCC(O)(CC)CN1c2nc(N3C[C@@H]4CC3CO4)cc(=O)n2CC[C@H]1C(F)(F)F. The number of hydrogen-bond donors (Lipinski definition) is 1. The molecule has 2 saturated heterocycles. The van der Waals surface area contributed by atoms with Gasteiger partial charge in [0.25, 0.3) is 5.56 Å². The highest BCUT2D eigenvalue weighted by molar-refractivity contribution is 5.49. The molecule has 2 fully saturated rings. The van der Waals surface area contributed by atoms with E-state index in [4.69, 9.17) is 4.74 Å². The Morgan fingerprint density at radius 1 is 1.31 bits per heavy atom. The van der Waals surface area contributed by atoms with E-state index in [1.165, 1.54) is 10.6 Å². The van der Waals surface area contributed by atoms with Gasteiger partial charge in [-0.15, -0.1) is 0 Å². The molecule has 4 heterocycles. The average molecular weight is 416 g/mol. The summed E-state index contributed by atoms with van der Waals surface area (Å²) in [5.74, 6) is 0.381. The first-order valence-corrected chi connectivity index (χ1v) is 10.2. The van der Waals surface area contributed by atoms with Crippen LogP contribution in [0.1, 0.15) is 39.5 Å². The number of nitrogens with zero attached hydrogens (tertiary/aromatic N) is 4. The first kappa shape index (κ1) is 20.5. The van der Waals surface area contributed by atoms with Crippen molar-refractivity contribution in [3.63, 3.8) is 0 Å². The Morgan fingerprint density at radius 2 is 2.03 bits per heavy atom. The number of β-amino-alcohol motifs (C(OH)–C–C–N with tert-alkyl or cyclic N) is 1. The molecule has 1 aromatic rings. The Bertz CT molecular complexity index is 824. The molecule has 10 heteroatoms. The van der Waals surface area contributed by atoms with Crippen molar-refractivity contribution in [2.75, 3.05) is 29.5 Å². The molecule has 4 rings (SSSR count). The molecule has 29 heavy (non-hydrogen) atoms. The van der Waals surface area contributed by atoms with E-state index >= 15 is 0 Å². The summed E-state index contributed by atoms with van der Waals surface area (Å²) in [6, 6.07) is -0.288. The predicted octanol–water partition coefficient (Wildman–Crippen LogP) is 1.91. The van der Waals surface area contributed by atoms with Gasteiger partial charge in [-0.25, -0.2) is 0 Å². The van der Waals surface area contributed by atoms with Crippen molar-refractivity contribution < 1.29 is 23.0 Å². The van der Waals surface area contributed by atoms with Gasteiger partial charge in [0.15, 0.2) is 0 Å². The van der Waals surface area contributed by atoms with Crippen molar-refractivity contribution in [1.29, 1.82) is 0 Å². The number of morpholine rings is 1. The molecule has 1 N–H and O–H groups in total. The maximum Gasteiger partial charge on any atom is 0.408 e. The van der Waals surface area contributed by atoms with Crippen molar-refractivity contribution in [2.24, 2.45) is 0 Å². The third kappa shape index (κ3) is 3.61. The minimum atomic E-state index is -4.48. The van der Waals surface area contributed by atoms with Crippen LogP contribution in [0.5, 0.6) is 0 Å². The number of aromatic nitrogens is 2. The molecule has 0 radical (unpaired) electrons. The van der Waals surface area contributed by atoms with Crippen LogP contribution in [0.15, 0.2) is 10.9 Å². The Morgan fingerprint density at radius 3 is 2.59 bits per heavy atom. The van der Waals surface area contributed by atoms with Crippen LogP contribution in [0, 0.1) is 0 Å². The summed E-state index contributed by atoms with van der Waals surface area (Å²) in [4.78, 5) is 20.3. The highest BCUT2D eigenvalue weighted by Gasteiger charge is 2.49. The van der Waals surface area contributed by atoms with Gasteiger partial charge in [0.1, 0.15) is 11.9 Å². The highest BCUT2D eigenvalue weighted by atomic mass is 19.4. The molecule has 0 saturated carbocycles. The summed E-state index contributed by atoms with van der Waals surface area (Å²) >= 11 is 0. The van der Waals surface area contributed by atoms with Crippen molar-refractivity contribution >= 4 is 11.8 Å². The zero-order valence-electron chi connectivity index (χ0n) is 16.7. The number of halogens is 3. The molecule has 0 amide bonds. The van der Waals surface area contributed by atoms with Gasteiger partial charge in [0.2, 0.25) is 5.95 Å². The van der Waals surface area contributed by atoms with Crippen LogP contribution >= 0.6 is 0 Å². The summed E-state index contributed by atoms with van der Waals surface area (Å²) in [5, 5.41) is 10.8. The largest absolute Gasteiger partial charge is 0.408 e. The van der Waals surface area contributed by atoms with Crippen LogP contribution in [0.4, 0.5) is 24.9 Å². The Kier molecular flexibility index (Phi) is 5.05. The number of ether oxygens (including phenoxy) is 1. The number of hydrogen-bond acceptors (Lipinski definition) is 6. The lowest BCUT2D eigenvalue weighted by atomic mass is 9.95. The topological polar surface area (TPSA) is 70.8 Å². The van der Waals surface area contributed by atoms with Gasteiger partial charge in [-0.1, -0.05) is 13.8 Å². The molecule has 3 aliphatic rings. The van der Waals surface area contributed by atoms with Gasteiger partial charge < -0.3 is 19.6 Å². The first-order valence-electron chi connectivity index (χ1n) is 10.2. The molecule has 3 aliphatic heterocycles. The Labute approximate surface area is 167 Å². The van der Waals surface area contributed by atoms with Crippen LogP contribution in [0.2, 0.25) is 0 Å². The second-order valence-corrected chi connectivity index (χ2v) is 8.31. The third-order valence-corrected chi connectivity index (χ3v) is 6.59. The van der Waals surface area contributed by atoms with Gasteiger partial charge >= 0.3 is 6.18 Å². The molecule has 3 atom stereocenters. The number of fused-ring (bicyclic) bond motifs is 3. The van der Waals surface area contributed by atoms with E-state index in [1.807, 2.05) is 4.90 Å². The molecule has 1 unspecified atom stereocenters. The molecule has 2 bridgehead atoms. The lowest BCUT2D eigenvalue weighted by molar-refractivity contribution is -0.154. The number of anilines is 2. The summed E-state index contributed by atoms with van der Waals surface area (Å²) in [6.07, 6.45) is -3.21. The summed E-state index contributed by atoms with van der Waals surface area (Å²) in [7, 11) is 0. The van der Waals surface area contributed by atoms with Gasteiger partial charge in [-0.2, -0.15) is 18.2 Å². The van der Waals surface area contributed by atoms with E-state index in [2.05, 4.69) is 4.98 Å². The average Bonchev–Trinajstić information content (AvgIpc) is 3.31. The number of rotatable bonds is 5. The van der Waals surface area contributed by atoms with Crippen LogP contribution in [-0.4, -0.2) is 64.3 Å². The van der Waals surface area contributed by atoms with Gasteiger partial charge in [-0.05, 0) is 25.7 Å². The normalized spacial score (nSPS) is 26.9. The lowest BCUT2D eigenvalue weighted by Gasteiger charge is -2.43. The van der Waals surface area contributed by atoms with E-state index in [-0.39, 0.29) is 43.2 Å².